The van der Waals surface area contributed by atoms with E-state index in [1.165, 1.54) is 5.56 Å². The molecular weight excluding hydrogens is 422 g/mol. The van der Waals surface area contributed by atoms with Crippen LogP contribution < -0.4 is 0 Å². The Bertz CT molecular complexity index is 1130. The molecule has 3 aromatic rings. The van der Waals surface area contributed by atoms with E-state index in [1.54, 1.807) is 4.90 Å². The topological polar surface area (TPSA) is 45.6 Å². The van der Waals surface area contributed by atoms with Crippen LogP contribution in [0.5, 0.6) is 0 Å². The molecule has 0 spiro atoms. The summed E-state index contributed by atoms with van der Waals surface area (Å²) in [5.41, 5.74) is 4.03. The number of aromatic nitrogens is 1. The Morgan fingerprint density at radius 3 is 2.29 bits per heavy atom. The molecule has 0 radical (unpaired) electrons. The highest BCUT2D eigenvalue weighted by molar-refractivity contribution is 5.96. The van der Waals surface area contributed by atoms with E-state index in [2.05, 4.69) is 49.7 Å². The Hall–Kier alpha value is -3.34. The van der Waals surface area contributed by atoms with Crippen LogP contribution in [0, 0.1) is 0 Å². The van der Waals surface area contributed by atoms with E-state index >= 15 is 0 Å². The molecule has 2 heterocycles. The predicted octanol–water partition coefficient (Wildman–Crippen LogP) is 5.27. The summed E-state index contributed by atoms with van der Waals surface area (Å²) in [6.45, 7) is 10.5. The van der Waals surface area contributed by atoms with Gasteiger partial charge in [0.05, 0.1) is 6.04 Å². The molecule has 1 atom stereocenters. The Labute approximate surface area is 203 Å². The second-order valence-corrected chi connectivity index (χ2v) is 10.1. The molecule has 2 amide bonds. The standard InChI is InChI=1S/C29H35N3O2/c1-5-17-31(28(34)23-13-15-24(16-14-23)29(2,3)4)21-26(33)32-20-19-30-18-9-12-25(30)27(32)22-10-7-6-8-11-22/h6-16,18,27H,5,17,19-21H2,1-4H3/t27-/m1/s1. The molecule has 5 nitrogen and oxygen atoms in total. The van der Waals surface area contributed by atoms with Crippen LogP contribution in [0.4, 0.5) is 0 Å². The van der Waals surface area contributed by atoms with Crippen molar-refractivity contribution >= 4 is 11.8 Å². The van der Waals surface area contributed by atoms with Crippen LogP contribution >= 0.6 is 0 Å². The molecule has 0 bridgehead atoms. The SMILES string of the molecule is CCCN(CC(=O)N1CCn2cccc2[C@H]1c1ccccc1)C(=O)c1ccc(C(C)(C)C)cc1. The van der Waals surface area contributed by atoms with Crippen LogP contribution in [-0.4, -0.2) is 45.8 Å². The average Bonchev–Trinajstić information content (AvgIpc) is 3.31. The molecule has 1 aliphatic rings. The third kappa shape index (κ3) is 4.93. The number of hydrogen-bond acceptors (Lipinski definition) is 2. The quantitative estimate of drug-likeness (QED) is 0.506. The first-order valence-corrected chi connectivity index (χ1v) is 12.2. The van der Waals surface area contributed by atoms with Gasteiger partial charge >= 0.3 is 0 Å². The molecule has 178 valence electrons. The number of benzene rings is 2. The molecule has 2 aromatic carbocycles. The van der Waals surface area contributed by atoms with Gasteiger partial charge in [-0.3, -0.25) is 9.59 Å². The van der Waals surface area contributed by atoms with Gasteiger partial charge in [-0.25, -0.2) is 0 Å². The van der Waals surface area contributed by atoms with Crippen LogP contribution in [0.15, 0.2) is 72.9 Å². The summed E-state index contributed by atoms with van der Waals surface area (Å²) in [5.74, 6) is -0.110. The molecule has 0 aliphatic carbocycles. The van der Waals surface area contributed by atoms with Crippen LogP contribution in [0.3, 0.4) is 0 Å². The average molecular weight is 458 g/mol. The highest BCUT2D eigenvalue weighted by Gasteiger charge is 2.33. The zero-order valence-corrected chi connectivity index (χ0v) is 20.7. The number of carbonyl (C=O) groups excluding carboxylic acids is 2. The van der Waals surface area contributed by atoms with Gasteiger partial charge < -0.3 is 14.4 Å². The Kier molecular flexibility index (Phi) is 6.92. The molecule has 1 aromatic heterocycles. The highest BCUT2D eigenvalue weighted by atomic mass is 16.2. The van der Waals surface area contributed by atoms with E-state index in [-0.39, 0.29) is 29.8 Å². The van der Waals surface area contributed by atoms with E-state index < -0.39 is 0 Å². The van der Waals surface area contributed by atoms with Gasteiger partial charge in [-0.15, -0.1) is 0 Å². The maximum Gasteiger partial charge on any atom is 0.254 e. The first-order chi connectivity index (χ1) is 16.3. The van der Waals surface area contributed by atoms with Crippen molar-refractivity contribution in [2.75, 3.05) is 19.6 Å². The lowest BCUT2D eigenvalue weighted by molar-refractivity contribution is -0.134. The highest BCUT2D eigenvalue weighted by Crippen LogP contribution is 2.32. The minimum absolute atomic E-state index is 0.0191. The normalized spacial score (nSPS) is 15.6. The van der Waals surface area contributed by atoms with Gasteiger partial charge in [0.1, 0.15) is 6.54 Å². The maximum absolute atomic E-state index is 13.6. The van der Waals surface area contributed by atoms with Crippen molar-refractivity contribution in [2.45, 2.75) is 52.1 Å². The van der Waals surface area contributed by atoms with Crippen LogP contribution in [-0.2, 0) is 16.8 Å². The summed E-state index contributed by atoms with van der Waals surface area (Å²) in [6, 6.07) is 21.9. The molecular formula is C29H35N3O2. The molecule has 34 heavy (non-hydrogen) atoms. The van der Waals surface area contributed by atoms with Crippen molar-refractivity contribution < 1.29 is 9.59 Å². The smallest absolute Gasteiger partial charge is 0.254 e. The van der Waals surface area contributed by atoms with E-state index in [0.29, 0.717) is 18.7 Å². The monoisotopic (exact) mass is 457 g/mol. The lowest BCUT2D eigenvalue weighted by Gasteiger charge is -2.38. The second-order valence-electron chi connectivity index (χ2n) is 10.1. The Morgan fingerprint density at radius 1 is 0.941 bits per heavy atom. The zero-order chi connectivity index (χ0) is 24.3. The molecule has 0 N–H and O–H groups in total. The molecule has 0 saturated carbocycles. The zero-order valence-electron chi connectivity index (χ0n) is 20.7. The minimum Gasteiger partial charge on any atom is -0.348 e. The fourth-order valence-electron chi connectivity index (χ4n) is 4.71. The van der Waals surface area contributed by atoms with Gasteiger partial charge in [-0.2, -0.15) is 0 Å². The fraction of sp³-hybridized carbons (Fsp3) is 0.379. The molecule has 0 fully saturated rings. The maximum atomic E-state index is 13.6. The van der Waals surface area contributed by atoms with Gasteiger partial charge in [0.2, 0.25) is 5.91 Å². The summed E-state index contributed by atoms with van der Waals surface area (Å²) in [5, 5.41) is 0. The number of rotatable bonds is 6. The van der Waals surface area contributed by atoms with Crippen molar-refractivity contribution in [3.8, 4) is 0 Å². The summed E-state index contributed by atoms with van der Waals surface area (Å²) in [7, 11) is 0. The predicted molar refractivity (Wildman–Crippen MR) is 136 cm³/mol. The lowest BCUT2D eigenvalue weighted by Crippen LogP contribution is -2.48. The first kappa shape index (κ1) is 23.8. The third-order valence-corrected chi connectivity index (χ3v) is 6.58. The number of amides is 2. The van der Waals surface area contributed by atoms with Crippen molar-refractivity contribution in [3.05, 3.63) is 95.3 Å². The molecule has 1 aliphatic heterocycles. The molecule has 0 unspecified atom stereocenters. The third-order valence-electron chi connectivity index (χ3n) is 6.58. The summed E-state index contributed by atoms with van der Waals surface area (Å²) in [4.78, 5) is 30.6. The number of carbonyl (C=O) groups is 2. The van der Waals surface area contributed by atoms with Gasteiger partial charge in [-0.1, -0.05) is 70.2 Å². The first-order valence-electron chi connectivity index (χ1n) is 12.2. The van der Waals surface area contributed by atoms with Crippen LogP contribution in [0.1, 0.15) is 67.3 Å². The van der Waals surface area contributed by atoms with Crippen LogP contribution in [0.25, 0.3) is 0 Å². The second kappa shape index (κ2) is 9.88. The summed E-state index contributed by atoms with van der Waals surface area (Å²) >= 11 is 0. The van der Waals surface area contributed by atoms with Gasteiger partial charge in [0.15, 0.2) is 0 Å². The molecule has 0 saturated heterocycles. The lowest BCUT2D eigenvalue weighted by atomic mass is 9.86. The van der Waals surface area contributed by atoms with Crippen molar-refractivity contribution in [2.24, 2.45) is 0 Å². The van der Waals surface area contributed by atoms with E-state index in [0.717, 1.165) is 24.2 Å². The van der Waals surface area contributed by atoms with Crippen LogP contribution in [0.2, 0.25) is 0 Å². The summed E-state index contributed by atoms with van der Waals surface area (Å²) < 4.78 is 2.22. The van der Waals surface area contributed by atoms with Crippen molar-refractivity contribution in [1.29, 1.82) is 0 Å². The van der Waals surface area contributed by atoms with E-state index in [4.69, 9.17) is 0 Å². The fourth-order valence-corrected chi connectivity index (χ4v) is 4.71. The van der Waals surface area contributed by atoms with Gasteiger partial charge in [0, 0.05) is 37.1 Å². The molecule has 5 heteroatoms. The summed E-state index contributed by atoms with van der Waals surface area (Å²) in [6.07, 6.45) is 2.87. The number of nitrogens with zero attached hydrogens (tertiary/aromatic N) is 3. The largest absolute Gasteiger partial charge is 0.348 e. The Balaban J connectivity index is 1.56. The van der Waals surface area contributed by atoms with E-state index in [9.17, 15) is 9.59 Å². The van der Waals surface area contributed by atoms with Crippen molar-refractivity contribution in [3.63, 3.8) is 0 Å². The number of fused-ring (bicyclic) bond motifs is 1. The Morgan fingerprint density at radius 2 is 1.65 bits per heavy atom. The van der Waals surface area contributed by atoms with Crippen molar-refractivity contribution in [1.82, 2.24) is 14.4 Å². The van der Waals surface area contributed by atoms with Gasteiger partial charge in [0.25, 0.3) is 5.91 Å². The molecule has 4 rings (SSSR count). The van der Waals surface area contributed by atoms with E-state index in [1.807, 2.05) is 60.4 Å². The number of hydrogen-bond donors (Lipinski definition) is 0. The van der Waals surface area contributed by atoms with Gasteiger partial charge in [-0.05, 0) is 47.2 Å². The minimum atomic E-state index is -0.151.